The van der Waals surface area contributed by atoms with Crippen LogP contribution in [-0.2, 0) is 9.59 Å². The van der Waals surface area contributed by atoms with E-state index in [4.69, 9.17) is 5.11 Å². The second-order valence-corrected chi connectivity index (χ2v) is 6.22. The summed E-state index contributed by atoms with van der Waals surface area (Å²) in [7, 11) is 0. The fourth-order valence-corrected chi connectivity index (χ4v) is 3.44. The van der Waals surface area contributed by atoms with Gasteiger partial charge in [0.2, 0.25) is 0 Å². The average molecular weight is 242 g/mol. The highest BCUT2D eigenvalue weighted by Crippen LogP contribution is 2.47. The van der Waals surface area contributed by atoms with Crippen LogP contribution in [0.25, 0.3) is 0 Å². The van der Waals surface area contributed by atoms with Gasteiger partial charge in [-0.05, 0) is 30.1 Å². The maximum atomic E-state index is 11.3. The molecule has 0 aromatic heterocycles. The van der Waals surface area contributed by atoms with Crippen molar-refractivity contribution in [3.05, 3.63) is 0 Å². The highest BCUT2D eigenvalue weighted by atomic mass is 16.4. The van der Waals surface area contributed by atoms with Crippen LogP contribution in [0.2, 0.25) is 0 Å². The number of hydrogen-bond donors (Lipinski definition) is 2. The summed E-state index contributed by atoms with van der Waals surface area (Å²) in [6.07, 6.45) is 0.943. The second-order valence-electron chi connectivity index (χ2n) is 6.22. The minimum absolute atomic E-state index is 0.0881. The van der Waals surface area contributed by atoms with Crippen LogP contribution in [0, 0.1) is 29.1 Å². The lowest BCUT2D eigenvalue weighted by Gasteiger charge is -2.45. The summed E-state index contributed by atoms with van der Waals surface area (Å²) >= 11 is 0. The predicted octanol–water partition coefficient (Wildman–Crippen LogP) is 2.48. The highest BCUT2D eigenvalue weighted by Gasteiger charge is 2.47. The van der Waals surface area contributed by atoms with Crippen molar-refractivity contribution in [1.29, 1.82) is 0 Å². The summed E-state index contributed by atoms with van der Waals surface area (Å²) in [6, 6.07) is 0. The number of hydrogen-bond acceptors (Lipinski definition) is 2. The van der Waals surface area contributed by atoms with Crippen molar-refractivity contribution >= 4 is 11.9 Å². The standard InChI is InChI=1S/C13H22O4/c1-7-8(11(14)15)5-6-9(12(16)17)10(7)13(2,3)4/h7-10H,5-6H2,1-4H3,(H,14,15)(H,16,17). The van der Waals surface area contributed by atoms with Gasteiger partial charge in [-0.25, -0.2) is 0 Å². The number of carbonyl (C=O) groups is 2. The quantitative estimate of drug-likeness (QED) is 0.780. The van der Waals surface area contributed by atoms with Crippen molar-refractivity contribution in [3.8, 4) is 0 Å². The normalized spacial score (nSPS) is 34.4. The fourth-order valence-electron chi connectivity index (χ4n) is 3.44. The monoisotopic (exact) mass is 242 g/mol. The van der Waals surface area contributed by atoms with E-state index in [1.165, 1.54) is 0 Å². The molecule has 0 radical (unpaired) electrons. The Kier molecular flexibility index (Phi) is 3.84. The van der Waals surface area contributed by atoms with Crippen LogP contribution in [-0.4, -0.2) is 22.2 Å². The molecule has 4 unspecified atom stereocenters. The maximum absolute atomic E-state index is 11.3. The molecule has 17 heavy (non-hydrogen) atoms. The molecular weight excluding hydrogens is 220 g/mol. The average Bonchev–Trinajstić information content (AvgIpc) is 2.14. The van der Waals surface area contributed by atoms with Crippen LogP contribution in [0.15, 0.2) is 0 Å². The van der Waals surface area contributed by atoms with Gasteiger partial charge in [0.25, 0.3) is 0 Å². The number of aliphatic carboxylic acids is 2. The molecule has 4 heteroatoms. The molecule has 1 fully saturated rings. The molecule has 1 aliphatic carbocycles. The molecule has 1 saturated carbocycles. The second kappa shape index (κ2) is 4.67. The van der Waals surface area contributed by atoms with Gasteiger partial charge in [-0.2, -0.15) is 0 Å². The third-order valence-corrected chi connectivity index (χ3v) is 4.06. The molecule has 1 rings (SSSR count). The lowest BCUT2D eigenvalue weighted by Crippen LogP contribution is -2.45. The van der Waals surface area contributed by atoms with Gasteiger partial charge in [0.1, 0.15) is 0 Å². The first kappa shape index (κ1) is 14.0. The molecule has 0 saturated heterocycles. The number of rotatable bonds is 2. The Bertz CT molecular complexity index is 316. The summed E-state index contributed by atoms with van der Waals surface area (Å²) in [5.74, 6) is -2.59. The molecule has 0 bridgehead atoms. The Labute approximate surface area is 102 Å². The molecule has 4 nitrogen and oxygen atoms in total. The molecule has 4 atom stereocenters. The van der Waals surface area contributed by atoms with E-state index < -0.39 is 23.8 Å². The zero-order chi connectivity index (χ0) is 13.4. The van der Waals surface area contributed by atoms with Crippen molar-refractivity contribution in [1.82, 2.24) is 0 Å². The first-order valence-corrected chi connectivity index (χ1v) is 6.12. The third-order valence-electron chi connectivity index (χ3n) is 4.06. The summed E-state index contributed by atoms with van der Waals surface area (Å²) in [4.78, 5) is 22.5. The van der Waals surface area contributed by atoms with Gasteiger partial charge >= 0.3 is 11.9 Å². The lowest BCUT2D eigenvalue weighted by molar-refractivity contribution is -0.158. The fraction of sp³-hybridized carbons (Fsp3) is 0.846. The first-order valence-electron chi connectivity index (χ1n) is 6.12. The van der Waals surface area contributed by atoms with E-state index >= 15 is 0 Å². The maximum Gasteiger partial charge on any atom is 0.306 e. The Hall–Kier alpha value is -1.06. The molecule has 0 spiro atoms. The molecule has 0 aliphatic heterocycles. The SMILES string of the molecule is CC1C(C(=O)O)CCC(C(=O)O)C1C(C)(C)C. The Morgan fingerprint density at radius 2 is 1.41 bits per heavy atom. The van der Waals surface area contributed by atoms with E-state index in [2.05, 4.69) is 0 Å². The van der Waals surface area contributed by atoms with Crippen LogP contribution >= 0.6 is 0 Å². The van der Waals surface area contributed by atoms with Crippen LogP contribution in [0.4, 0.5) is 0 Å². The molecule has 0 aromatic carbocycles. The van der Waals surface area contributed by atoms with Gasteiger partial charge in [0.15, 0.2) is 0 Å². The summed E-state index contributed by atoms with van der Waals surface area (Å²) in [5, 5.41) is 18.4. The van der Waals surface area contributed by atoms with Gasteiger partial charge in [-0.1, -0.05) is 27.7 Å². The minimum atomic E-state index is -0.796. The van der Waals surface area contributed by atoms with E-state index in [-0.39, 0.29) is 17.3 Å². The number of carboxylic acids is 2. The van der Waals surface area contributed by atoms with E-state index in [1.807, 2.05) is 27.7 Å². The van der Waals surface area contributed by atoms with Crippen molar-refractivity contribution in [3.63, 3.8) is 0 Å². The molecule has 0 aromatic rings. The molecular formula is C13H22O4. The zero-order valence-electron chi connectivity index (χ0n) is 10.9. The van der Waals surface area contributed by atoms with Crippen LogP contribution in [0.1, 0.15) is 40.5 Å². The summed E-state index contributed by atoms with van der Waals surface area (Å²) in [5.41, 5.74) is -0.184. The van der Waals surface area contributed by atoms with Gasteiger partial charge < -0.3 is 10.2 Å². The molecule has 0 amide bonds. The minimum Gasteiger partial charge on any atom is -0.481 e. The van der Waals surface area contributed by atoms with Crippen LogP contribution in [0.3, 0.4) is 0 Å². The van der Waals surface area contributed by atoms with Crippen molar-refractivity contribution < 1.29 is 19.8 Å². The third kappa shape index (κ3) is 2.79. The summed E-state index contributed by atoms with van der Waals surface area (Å²) < 4.78 is 0. The van der Waals surface area contributed by atoms with Crippen LogP contribution in [0.5, 0.6) is 0 Å². The zero-order valence-corrected chi connectivity index (χ0v) is 10.9. The highest BCUT2D eigenvalue weighted by molar-refractivity contribution is 5.73. The Balaban J connectivity index is 3.03. The number of carboxylic acid groups (broad SMARTS) is 2. The van der Waals surface area contributed by atoms with E-state index in [1.54, 1.807) is 0 Å². The first-order chi connectivity index (χ1) is 7.66. The molecule has 98 valence electrons. The van der Waals surface area contributed by atoms with E-state index in [9.17, 15) is 14.7 Å². The Morgan fingerprint density at radius 1 is 1.00 bits per heavy atom. The van der Waals surface area contributed by atoms with Gasteiger partial charge in [0.05, 0.1) is 11.8 Å². The van der Waals surface area contributed by atoms with E-state index in [0.29, 0.717) is 12.8 Å². The molecule has 1 aliphatic rings. The smallest absolute Gasteiger partial charge is 0.306 e. The predicted molar refractivity (Wildman–Crippen MR) is 63.6 cm³/mol. The molecule has 2 N–H and O–H groups in total. The topological polar surface area (TPSA) is 74.6 Å². The van der Waals surface area contributed by atoms with E-state index in [0.717, 1.165) is 0 Å². The largest absolute Gasteiger partial charge is 0.481 e. The Morgan fingerprint density at radius 3 is 1.76 bits per heavy atom. The van der Waals surface area contributed by atoms with Crippen molar-refractivity contribution in [2.45, 2.75) is 40.5 Å². The molecule has 0 heterocycles. The van der Waals surface area contributed by atoms with Gasteiger partial charge in [-0.15, -0.1) is 0 Å². The lowest BCUT2D eigenvalue weighted by atomic mass is 9.58. The summed E-state index contributed by atoms with van der Waals surface area (Å²) in [6.45, 7) is 7.86. The van der Waals surface area contributed by atoms with Crippen molar-refractivity contribution in [2.24, 2.45) is 29.1 Å². The van der Waals surface area contributed by atoms with Crippen LogP contribution < -0.4 is 0 Å². The van der Waals surface area contributed by atoms with Gasteiger partial charge in [-0.3, -0.25) is 9.59 Å². The van der Waals surface area contributed by atoms with Gasteiger partial charge in [0, 0.05) is 0 Å². The van der Waals surface area contributed by atoms with Crippen molar-refractivity contribution in [2.75, 3.05) is 0 Å².